The van der Waals surface area contributed by atoms with Gasteiger partial charge in [0.25, 0.3) is 5.91 Å². The van der Waals surface area contributed by atoms with Crippen LogP contribution >= 0.6 is 15.9 Å². The monoisotopic (exact) mass is 351 g/mol. The SMILES string of the molecule is O=C(Nc1cc(C(F)(F)F)ccc1F)c1ccc(Br)o1. The van der Waals surface area contributed by atoms with E-state index in [0.29, 0.717) is 18.2 Å². The molecule has 0 aliphatic rings. The molecule has 8 heteroatoms. The summed E-state index contributed by atoms with van der Waals surface area (Å²) in [4.78, 5) is 11.7. The highest BCUT2D eigenvalue weighted by Crippen LogP contribution is 2.32. The second-order valence-electron chi connectivity index (χ2n) is 3.75. The van der Waals surface area contributed by atoms with Gasteiger partial charge in [0, 0.05) is 0 Å². The van der Waals surface area contributed by atoms with Crippen LogP contribution in [-0.2, 0) is 6.18 Å². The van der Waals surface area contributed by atoms with Crippen molar-refractivity contribution in [3.8, 4) is 0 Å². The molecule has 2 aromatic rings. The lowest BCUT2D eigenvalue weighted by Gasteiger charge is -2.10. The number of halogens is 5. The molecule has 0 saturated carbocycles. The fourth-order valence-electron chi connectivity index (χ4n) is 1.42. The number of amides is 1. The van der Waals surface area contributed by atoms with E-state index in [1.165, 1.54) is 12.1 Å². The molecule has 0 fully saturated rings. The maximum atomic E-state index is 13.4. The number of rotatable bonds is 2. The van der Waals surface area contributed by atoms with Crippen molar-refractivity contribution in [2.75, 3.05) is 5.32 Å². The minimum absolute atomic E-state index is 0.159. The Balaban J connectivity index is 2.27. The molecule has 0 radical (unpaired) electrons. The third kappa shape index (κ3) is 3.19. The van der Waals surface area contributed by atoms with E-state index < -0.39 is 29.2 Å². The number of nitrogens with one attached hydrogen (secondary N) is 1. The summed E-state index contributed by atoms with van der Waals surface area (Å²) in [5.74, 6) is -1.99. The van der Waals surface area contributed by atoms with Gasteiger partial charge in [0.1, 0.15) is 5.82 Å². The Morgan fingerprint density at radius 1 is 1.20 bits per heavy atom. The quantitative estimate of drug-likeness (QED) is 0.812. The number of carbonyl (C=O) groups excluding carboxylic acids is 1. The van der Waals surface area contributed by atoms with Crippen LogP contribution in [0.1, 0.15) is 16.1 Å². The largest absolute Gasteiger partial charge is 0.444 e. The van der Waals surface area contributed by atoms with Crippen molar-refractivity contribution >= 4 is 27.5 Å². The van der Waals surface area contributed by atoms with Gasteiger partial charge >= 0.3 is 6.18 Å². The smallest absolute Gasteiger partial charge is 0.416 e. The van der Waals surface area contributed by atoms with E-state index in [2.05, 4.69) is 15.9 Å². The summed E-state index contributed by atoms with van der Waals surface area (Å²) in [5.41, 5.74) is -1.63. The zero-order valence-corrected chi connectivity index (χ0v) is 11.2. The highest BCUT2D eigenvalue weighted by atomic mass is 79.9. The molecule has 0 aliphatic carbocycles. The van der Waals surface area contributed by atoms with Gasteiger partial charge in [0.15, 0.2) is 10.4 Å². The minimum Gasteiger partial charge on any atom is -0.444 e. The zero-order chi connectivity index (χ0) is 14.9. The summed E-state index contributed by atoms with van der Waals surface area (Å²) in [7, 11) is 0. The van der Waals surface area contributed by atoms with Crippen molar-refractivity contribution in [2.45, 2.75) is 6.18 Å². The molecule has 0 atom stereocenters. The van der Waals surface area contributed by atoms with Gasteiger partial charge in [-0.25, -0.2) is 4.39 Å². The molecule has 1 aromatic carbocycles. The minimum atomic E-state index is -4.62. The number of furan rings is 1. The Hall–Kier alpha value is -1.83. The number of anilines is 1. The van der Waals surface area contributed by atoms with E-state index in [0.717, 1.165) is 0 Å². The van der Waals surface area contributed by atoms with E-state index in [4.69, 9.17) is 4.42 Å². The van der Waals surface area contributed by atoms with Gasteiger partial charge in [-0.05, 0) is 46.3 Å². The molecule has 3 nitrogen and oxygen atoms in total. The molecule has 1 amide bonds. The first-order valence-electron chi connectivity index (χ1n) is 5.21. The van der Waals surface area contributed by atoms with Gasteiger partial charge < -0.3 is 9.73 Å². The molecule has 1 heterocycles. The van der Waals surface area contributed by atoms with Crippen molar-refractivity contribution in [1.29, 1.82) is 0 Å². The second kappa shape index (κ2) is 5.28. The lowest BCUT2D eigenvalue weighted by molar-refractivity contribution is -0.137. The fraction of sp³-hybridized carbons (Fsp3) is 0.0833. The molecule has 2 rings (SSSR count). The van der Waals surface area contributed by atoms with Crippen molar-refractivity contribution in [3.63, 3.8) is 0 Å². The molecule has 1 aromatic heterocycles. The van der Waals surface area contributed by atoms with Crippen LogP contribution in [0.4, 0.5) is 23.2 Å². The highest BCUT2D eigenvalue weighted by Gasteiger charge is 2.31. The van der Waals surface area contributed by atoms with Crippen molar-refractivity contribution in [2.24, 2.45) is 0 Å². The second-order valence-corrected chi connectivity index (χ2v) is 4.53. The predicted molar refractivity (Wildman–Crippen MR) is 65.8 cm³/mol. The maximum Gasteiger partial charge on any atom is 0.416 e. The highest BCUT2D eigenvalue weighted by molar-refractivity contribution is 9.10. The van der Waals surface area contributed by atoms with Gasteiger partial charge in [-0.1, -0.05) is 0 Å². The molecule has 0 bridgehead atoms. The van der Waals surface area contributed by atoms with Crippen LogP contribution in [0.3, 0.4) is 0 Å². The van der Waals surface area contributed by atoms with Gasteiger partial charge in [0.2, 0.25) is 0 Å². The number of benzene rings is 1. The average molecular weight is 352 g/mol. The molecule has 106 valence electrons. The van der Waals surface area contributed by atoms with Crippen molar-refractivity contribution in [1.82, 2.24) is 0 Å². The molecule has 0 saturated heterocycles. The van der Waals surface area contributed by atoms with Crippen LogP contribution in [0.15, 0.2) is 39.4 Å². The molecule has 1 N–H and O–H groups in total. The van der Waals surface area contributed by atoms with Gasteiger partial charge in [-0.15, -0.1) is 0 Å². The zero-order valence-electron chi connectivity index (χ0n) is 9.59. The Bertz CT molecular complexity index is 651. The summed E-state index contributed by atoms with van der Waals surface area (Å²) in [6, 6.07) is 4.47. The van der Waals surface area contributed by atoms with Crippen LogP contribution in [0.5, 0.6) is 0 Å². The summed E-state index contributed by atoms with van der Waals surface area (Å²) < 4.78 is 56.1. The van der Waals surface area contributed by atoms with Crippen molar-refractivity contribution < 1.29 is 26.8 Å². The van der Waals surface area contributed by atoms with E-state index in [9.17, 15) is 22.4 Å². The average Bonchev–Trinajstić information content (AvgIpc) is 2.77. The van der Waals surface area contributed by atoms with Crippen LogP contribution < -0.4 is 5.32 Å². The standard InChI is InChI=1S/C12H6BrF4NO2/c13-10-4-3-9(20-10)11(19)18-8-5-6(12(15,16)17)1-2-7(8)14/h1-5H,(H,18,19). The Morgan fingerprint density at radius 3 is 2.45 bits per heavy atom. The van der Waals surface area contributed by atoms with Gasteiger partial charge in [-0.2, -0.15) is 13.2 Å². The Morgan fingerprint density at radius 2 is 1.90 bits per heavy atom. The Kier molecular flexibility index (Phi) is 3.85. The first-order valence-corrected chi connectivity index (χ1v) is 6.00. The number of alkyl halides is 3. The molecular weight excluding hydrogens is 346 g/mol. The summed E-state index contributed by atoms with van der Waals surface area (Å²) in [5, 5.41) is 2.02. The van der Waals surface area contributed by atoms with Crippen LogP contribution in [-0.4, -0.2) is 5.91 Å². The van der Waals surface area contributed by atoms with Crippen LogP contribution in [0.25, 0.3) is 0 Å². The van der Waals surface area contributed by atoms with Crippen LogP contribution in [0, 0.1) is 5.82 Å². The molecule has 20 heavy (non-hydrogen) atoms. The van der Waals surface area contributed by atoms with E-state index >= 15 is 0 Å². The number of hydrogen-bond acceptors (Lipinski definition) is 2. The van der Waals surface area contributed by atoms with E-state index in [1.807, 2.05) is 5.32 Å². The number of hydrogen-bond donors (Lipinski definition) is 1. The molecular formula is C12H6BrF4NO2. The van der Waals surface area contributed by atoms with Crippen LogP contribution in [0.2, 0.25) is 0 Å². The number of carbonyl (C=O) groups is 1. The molecule has 0 spiro atoms. The predicted octanol–water partition coefficient (Wildman–Crippen LogP) is 4.45. The van der Waals surface area contributed by atoms with Gasteiger partial charge in [0.05, 0.1) is 11.3 Å². The lowest BCUT2D eigenvalue weighted by atomic mass is 10.2. The maximum absolute atomic E-state index is 13.4. The summed E-state index contributed by atoms with van der Waals surface area (Å²) in [6.45, 7) is 0. The molecule has 0 aliphatic heterocycles. The lowest BCUT2D eigenvalue weighted by Crippen LogP contribution is -2.13. The first-order chi connectivity index (χ1) is 9.27. The van der Waals surface area contributed by atoms with E-state index in [-0.39, 0.29) is 10.4 Å². The third-order valence-corrected chi connectivity index (χ3v) is 2.77. The van der Waals surface area contributed by atoms with E-state index in [1.54, 1.807) is 0 Å². The van der Waals surface area contributed by atoms with Gasteiger partial charge in [-0.3, -0.25) is 4.79 Å². The topological polar surface area (TPSA) is 42.2 Å². The third-order valence-electron chi connectivity index (χ3n) is 2.34. The molecule has 0 unspecified atom stereocenters. The van der Waals surface area contributed by atoms with Crippen molar-refractivity contribution in [3.05, 3.63) is 52.1 Å². The summed E-state index contributed by atoms with van der Waals surface area (Å²) >= 11 is 2.97. The summed E-state index contributed by atoms with van der Waals surface area (Å²) in [6.07, 6.45) is -4.62. The fourth-order valence-corrected chi connectivity index (χ4v) is 1.72. The first kappa shape index (κ1) is 14.6. The Labute approximate surface area is 118 Å². The normalized spacial score (nSPS) is 11.4.